The van der Waals surface area contributed by atoms with Gasteiger partial charge >= 0.3 is 0 Å². The molecule has 1 N–H and O–H groups in total. The van der Waals surface area contributed by atoms with E-state index in [-0.39, 0.29) is 5.41 Å². The molecule has 1 heterocycles. The van der Waals surface area contributed by atoms with Crippen molar-refractivity contribution in [2.45, 2.75) is 53.0 Å². The smallest absolute Gasteiger partial charge is 0.0673 e. The van der Waals surface area contributed by atoms with Crippen molar-refractivity contribution in [3.63, 3.8) is 0 Å². The van der Waals surface area contributed by atoms with Crippen LogP contribution in [0.4, 0.5) is 0 Å². The Morgan fingerprint density at radius 2 is 1.81 bits per heavy atom. The summed E-state index contributed by atoms with van der Waals surface area (Å²) < 4.78 is 0. The van der Waals surface area contributed by atoms with Crippen LogP contribution in [-0.2, 0) is 5.41 Å². The Labute approximate surface area is 133 Å². The number of nitrogens with one attached hydrogen (secondary N) is 1. The fourth-order valence-corrected chi connectivity index (χ4v) is 3.73. The van der Waals surface area contributed by atoms with E-state index >= 15 is 0 Å². The van der Waals surface area contributed by atoms with Crippen LogP contribution in [0.15, 0.2) is 30.3 Å². The van der Waals surface area contributed by atoms with Gasteiger partial charge in [0.15, 0.2) is 0 Å². The van der Waals surface area contributed by atoms with Crippen molar-refractivity contribution in [2.75, 3.05) is 6.54 Å². The zero-order valence-corrected chi connectivity index (χ0v) is 14.9. The van der Waals surface area contributed by atoms with E-state index in [0.717, 1.165) is 6.54 Å². The van der Waals surface area contributed by atoms with Crippen molar-refractivity contribution in [2.24, 2.45) is 0 Å². The molecule has 2 rings (SSSR count). The second kappa shape index (κ2) is 6.33. The monoisotopic (exact) mass is 301 g/mol. The molecule has 0 spiro atoms. The number of hydrogen-bond acceptors (Lipinski definition) is 2. The van der Waals surface area contributed by atoms with Crippen molar-refractivity contribution in [1.82, 2.24) is 5.32 Å². The number of hydrogen-bond donors (Lipinski definition) is 1. The molecule has 0 bridgehead atoms. The minimum atomic E-state index is 0.224. The second-order valence-electron chi connectivity index (χ2n) is 6.73. The molecule has 114 valence electrons. The van der Waals surface area contributed by atoms with Crippen molar-refractivity contribution in [1.29, 1.82) is 0 Å². The van der Waals surface area contributed by atoms with Gasteiger partial charge in [-0.3, -0.25) is 0 Å². The molecule has 2 aromatic rings. The van der Waals surface area contributed by atoms with E-state index in [9.17, 15) is 0 Å². The average molecular weight is 301 g/mol. The van der Waals surface area contributed by atoms with E-state index in [4.69, 9.17) is 0 Å². The molecular formula is C19H27NS. The first-order valence-corrected chi connectivity index (χ1v) is 8.56. The van der Waals surface area contributed by atoms with Gasteiger partial charge in [0.1, 0.15) is 0 Å². The Hall–Kier alpha value is -1.12. The number of rotatable bonds is 4. The Morgan fingerprint density at radius 1 is 1.10 bits per heavy atom. The minimum absolute atomic E-state index is 0.224. The van der Waals surface area contributed by atoms with Crippen LogP contribution in [0, 0.1) is 13.8 Å². The lowest BCUT2D eigenvalue weighted by molar-refractivity contribution is 0.604. The Balaban J connectivity index is 2.44. The highest BCUT2D eigenvalue weighted by atomic mass is 32.1. The van der Waals surface area contributed by atoms with Gasteiger partial charge in [0.25, 0.3) is 0 Å². The largest absolute Gasteiger partial charge is 0.306 e. The predicted octanol–water partition coefficient (Wildman–Crippen LogP) is 5.36. The molecule has 0 saturated heterocycles. The maximum atomic E-state index is 3.66. The van der Waals surface area contributed by atoms with Gasteiger partial charge in [-0.2, -0.15) is 0 Å². The summed E-state index contributed by atoms with van der Waals surface area (Å²) in [6, 6.07) is 11.5. The van der Waals surface area contributed by atoms with E-state index < -0.39 is 0 Å². The van der Waals surface area contributed by atoms with Gasteiger partial charge in [-0.15, -0.1) is 11.3 Å². The quantitative estimate of drug-likeness (QED) is 0.801. The normalized spacial score (nSPS) is 13.4. The molecule has 1 atom stereocenters. The minimum Gasteiger partial charge on any atom is -0.306 e. The van der Waals surface area contributed by atoms with Crippen molar-refractivity contribution < 1.29 is 0 Å². The maximum Gasteiger partial charge on any atom is 0.0673 e. The third kappa shape index (κ3) is 3.56. The Kier molecular flexibility index (Phi) is 4.90. The summed E-state index contributed by atoms with van der Waals surface area (Å²) in [7, 11) is 0. The highest BCUT2D eigenvalue weighted by molar-refractivity contribution is 7.12. The summed E-state index contributed by atoms with van der Waals surface area (Å²) in [5.74, 6) is 0. The molecule has 0 saturated carbocycles. The molecule has 21 heavy (non-hydrogen) atoms. The highest BCUT2D eigenvalue weighted by Gasteiger charge is 2.21. The van der Waals surface area contributed by atoms with Crippen LogP contribution < -0.4 is 5.32 Å². The van der Waals surface area contributed by atoms with Crippen LogP contribution in [0.1, 0.15) is 60.2 Å². The molecule has 1 aromatic heterocycles. The Morgan fingerprint density at radius 3 is 2.38 bits per heavy atom. The lowest BCUT2D eigenvalue weighted by Gasteiger charge is -2.21. The van der Waals surface area contributed by atoms with Crippen LogP contribution in [-0.4, -0.2) is 6.54 Å². The second-order valence-corrected chi connectivity index (χ2v) is 7.85. The fourth-order valence-electron chi connectivity index (χ4n) is 2.57. The first-order valence-electron chi connectivity index (χ1n) is 7.74. The SMILES string of the molecule is CCNC(c1ccc(C(C)(C)C)s1)c1cccc(C)c1C. The van der Waals surface area contributed by atoms with E-state index in [1.165, 1.54) is 26.4 Å². The van der Waals surface area contributed by atoms with Gasteiger partial charge in [-0.05, 0) is 54.6 Å². The van der Waals surface area contributed by atoms with Crippen LogP contribution in [0.2, 0.25) is 0 Å². The van der Waals surface area contributed by atoms with Gasteiger partial charge in [-0.1, -0.05) is 45.9 Å². The van der Waals surface area contributed by atoms with Gasteiger partial charge in [0.05, 0.1) is 6.04 Å². The third-order valence-corrected chi connectivity index (χ3v) is 5.59. The molecular weight excluding hydrogens is 274 g/mol. The third-order valence-electron chi connectivity index (χ3n) is 4.02. The molecule has 0 amide bonds. The molecule has 0 fully saturated rings. The molecule has 2 heteroatoms. The maximum absolute atomic E-state index is 3.66. The first kappa shape index (κ1) is 16.3. The highest BCUT2D eigenvalue weighted by Crippen LogP contribution is 2.35. The van der Waals surface area contributed by atoms with Crippen LogP contribution >= 0.6 is 11.3 Å². The summed E-state index contributed by atoms with van der Waals surface area (Å²) in [4.78, 5) is 2.86. The van der Waals surface area contributed by atoms with Gasteiger partial charge in [-0.25, -0.2) is 0 Å². The fraction of sp³-hybridized carbons (Fsp3) is 0.474. The predicted molar refractivity (Wildman–Crippen MR) is 94.5 cm³/mol. The van der Waals surface area contributed by atoms with Gasteiger partial charge in [0, 0.05) is 9.75 Å². The van der Waals surface area contributed by atoms with Crippen molar-refractivity contribution >= 4 is 11.3 Å². The number of benzene rings is 1. The Bertz CT molecular complexity index is 604. The number of thiophene rings is 1. The molecule has 1 aromatic carbocycles. The average Bonchev–Trinajstić information content (AvgIpc) is 2.89. The molecule has 1 unspecified atom stereocenters. The summed E-state index contributed by atoms with van der Waals surface area (Å²) in [6.07, 6.45) is 0. The molecule has 0 radical (unpaired) electrons. The van der Waals surface area contributed by atoms with E-state index in [1.54, 1.807) is 0 Å². The molecule has 0 aliphatic heterocycles. The molecule has 0 aliphatic rings. The zero-order valence-electron chi connectivity index (χ0n) is 14.1. The number of aryl methyl sites for hydroxylation is 1. The molecule has 0 aliphatic carbocycles. The van der Waals surface area contributed by atoms with E-state index in [2.05, 4.69) is 77.2 Å². The lowest BCUT2D eigenvalue weighted by atomic mass is 9.94. The first-order chi connectivity index (χ1) is 9.84. The van der Waals surface area contributed by atoms with Crippen LogP contribution in [0.25, 0.3) is 0 Å². The molecule has 1 nitrogen and oxygen atoms in total. The zero-order chi connectivity index (χ0) is 15.6. The van der Waals surface area contributed by atoms with Crippen LogP contribution in [0.5, 0.6) is 0 Å². The van der Waals surface area contributed by atoms with Crippen LogP contribution in [0.3, 0.4) is 0 Å². The van der Waals surface area contributed by atoms with Gasteiger partial charge < -0.3 is 5.32 Å². The topological polar surface area (TPSA) is 12.0 Å². The van der Waals surface area contributed by atoms with Crippen molar-refractivity contribution in [3.05, 3.63) is 56.8 Å². The summed E-state index contributed by atoms with van der Waals surface area (Å²) in [6.45, 7) is 14.4. The van der Waals surface area contributed by atoms with E-state index in [1.807, 2.05) is 11.3 Å². The summed E-state index contributed by atoms with van der Waals surface area (Å²) in [5, 5.41) is 3.66. The summed E-state index contributed by atoms with van der Waals surface area (Å²) >= 11 is 1.93. The van der Waals surface area contributed by atoms with E-state index in [0.29, 0.717) is 6.04 Å². The lowest BCUT2D eigenvalue weighted by Crippen LogP contribution is -2.22. The summed E-state index contributed by atoms with van der Waals surface area (Å²) in [5.41, 5.74) is 4.39. The standard InChI is InChI=1S/C19H27NS/c1-7-20-18(15-10-8-9-13(2)14(15)3)16-11-12-17(21-16)19(4,5)6/h8-12,18,20H,7H2,1-6H3. The van der Waals surface area contributed by atoms with Gasteiger partial charge in [0.2, 0.25) is 0 Å². The van der Waals surface area contributed by atoms with Crippen molar-refractivity contribution in [3.8, 4) is 0 Å².